The van der Waals surface area contributed by atoms with Gasteiger partial charge in [-0.1, -0.05) is 6.92 Å². The minimum atomic E-state index is 0.150. The number of anilines is 2. The normalized spacial score (nSPS) is 12.7. The van der Waals surface area contributed by atoms with Crippen LogP contribution in [0.2, 0.25) is 0 Å². The summed E-state index contributed by atoms with van der Waals surface area (Å²) in [5, 5.41) is 9.47. The Morgan fingerprint density at radius 2 is 2.21 bits per heavy atom. The molecule has 1 unspecified atom stereocenters. The lowest BCUT2D eigenvalue weighted by Gasteiger charge is -2.15. The van der Waals surface area contributed by atoms with Crippen molar-refractivity contribution in [3.05, 3.63) is 28.0 Å². The maximum absolute atomic E-state index is 5.75. The van der Waals surface area contributed by atoms with Gasteiger partial charge in [-0.2, -0.15) is 4.98 Å². The molecule has 0 aromatic carbocycles. The van der Waals surface area contributed by atoms with Gasteiger partial charge in [0.25, 0.3) is 0 Å². The highest BCUT2D eigenvalue weighted by molar-refractivity contribution is 7.16. The van der Waals surface area contributed by atoms with Crippen LogP contribution in [-0.2, 0) is 0 Å². The van der Waals surface area contributed by atoms with Gasteiger partial charge in [-0.15, -0.1) is 22.7 Å². The lowest BCUT2D eigenvalue weighted by Crippen LogP contribution is -2.11. The molecule has 0 aliphatic rings. The number of hydrogen-bond donors (Lipinski definition) is 2. The lowest BCUT2D eigenvalue weighted by atomic mass is 10.2. The molecule has 3 aromatic rings. The van der Waals surface area contributed by atoms with Gasteiger partial charge in [0.15, 0.2) is 0 Å². The Balaban J connectivity index is 1.98. The van der Waals surface area contributed by atoms with Gasteiger partial charge >= 0.3 is 0 Å². The third kappa shape index (κ3) is 2.39. The van der Waals surface area contributed by atoms with Crippen LogP contribution in [0.15, 0.2) is 23.0 Å². The monoisotopic (exact) mass is 291 g/mol. The predicted octanol–water partition coefficient (Wildman–Crippen LogP) is 3.29. The molecule has 0 radical (unpaired) electrons. The van der Waals surface area contributed by atoms with E-state index in [-0.39, 0.29) is 6.04 Å². The highest BCUT2D eigenvalue weighted by Crippen LogP contribution is 2.30. The molecule has 3 heterocycles. The van der Waals surface area contributed by atoms with Crippen molar-refractivity contribution in [1.29, 1.82) is 0 Å². The van der Waals surface area contributed by atoms with Crippen LogP contribution in [0.4, 0.5) is 11.8 Å². The number of hydrogen-bond acceptors (Lipinski definition) is 7. The minimum absolute atomic E-state index is 0.150. The average Bonchev–Trinajstić information content (AvgIpc) is 3.05. The van der Waals surface area contributed by atoms with Crippen molar-refractivity contribution in [1.82, 2.24) is 15.0 Å². The summed E-state index contributed by atoms with van der Waals surface area (Å²) in [5.41, 5.74) is 5.75. The first-order valence-corrected chi connectivity index (χ1v) is 7.70. The first-order valence-electron chi connectivity index (χ1n) is 5.94. The molecule has 3 N–H and O–H groups in total. The fourth-order valence-electron chi connectivity index (χ4n) is 1.89. The molecular formula is C12H13N5S2. The standard InChI is InChI=1S/C12H13N5S2/c1-2-8(11-14-4-6-19-11)15-9-7-3-5-18-10(7)17-12(13)16-9/h3-6,8H,2H2,1H3,(H3,13,15,16,17). The van der Waals surface area contributed by atoms with Crippen LogP contribution in [0.1, 0.15) is 24.4 Å². The second-order valence-corrected chi connectivity index (χ2v) is 5.87. The third-order valence-electron chi connectivity index (χ3n) is 2.81. The molecule has 19 heavy (non-hydrogen) atoms. The number of fused-ring (bicyclic) bond motifs is 1. The van der Waals surface area contributed by atoms with E-state index in [1.165, 1.54) is 0 Å². The average molecular weight is 291 g/mol. The van der Waals surface area contributed by atoms with Crippen molar-refractivity contribution >= 4 is 44.7 Å². The van der Waals surface area contributed by atoms with Gasteiger partial charge in [-0.25, -0.2) is 9.97 Å². The molecule has 3 rings (SSSR count). The summed E-state index contributed by atoms with van der Waals surface area (Å²) in [6, 6.07) is 2.16. The van der Waals surface area contributed by atoms with Gasteiger partial charge in [-0.05, 0) is 17.9 Å². The van der Waals surface area contributed by atoms with E-state index < -0.39 is 0 Å². The van der Waals surface area contributed by atoms with Crippen LogP contribution in [0, 0.1) is 0 Å². The summed E-state index contributed by atoms with van der Waals surface area (Å²) >= 11 is 3.20. The second-order valence-electron chi connectivity index (χ2n) is 4.05. The SMILES string of the molecule is CCC(Nc1nc(N)nc2sccc12)c1nccs1. The zero-order valence-corrected chi connectivity index (χ0v) is 12.0. The fourth-order valence-corrected chi connectivity index (χ4v) is 3.44. The maximum Gasteiger partial charge on any atom is 0.223 e. The Hall–Kier alpha value is -1.73. The highest BCUT2D eigenvalue weighted by Gasteiger charge is 2.15. The van der Waals surface area contributed by atoms with E-state index >= 15 is 0 Å². The van der Waals surface area contributed by atoms with Gasteiger partial charge in [0.1, 0.15) is 15.7 Å². The number of nitrogen functional groups attached to an aromatic ring is 1. The number of rotatable bonds is 4. The molecule has 0 spiro atoms. The molecule has 0 saturated heterocycles. The molecule has 3 aromatic heterocycles. The molecule has 5 nitrogen and oxygen atoms in total. The molecule has 1 atom stereocenters. The van der Waals surface area contributed by atoms with Crippen molar-refractivity contribution in [3.8, 4) is 0 Å². The largest absolute Gasteiger partial charge is 0.368 e. The molecule has 7 heteroatoms. The van der Waals surface area contributed by atoms with E-state index in [2.05, 4.69) is 27.2 Å². The molecular weight excluding hydrogens is 278 g/mol. The molecule has 0 fully saturated rings. The number of thiophene rings is 1. The van der Waals surface area contributed by atoms with Gasteiger partial charge in [-0.3, -0.25) is 0 Å². The molecule has 0 saturated carbocycles. The first kappa shape index (κ1) is 12.3. The summed E-state index contributed by atoms with van der Waals surface area (Å²) in [5.74, 6) is 1.08. The zero-order valence-electron chi connectivity index (χ0n) is 10.3. The van der Waals surface area contributed by atoms with E-state index in [0.717, 1.165) is 27.5 Å². The second kappa shape index (κ2) is 5.10. The number of nitrogens with one attached hydrogen (secondary N) is 1. The Morgan fingerprint density at radius 3 is 2.95 bits per heavy atom. The van der Waals surface area contributed by atoms with Crippen molar-refractivity contribution in [3.63, 3.8) is 0 Å². The minimum Gasteiger partial charge on any atom is -0.368 e. The van der Waals surface area contributed by atoms with Crippen LogP contribution in [-0.4, -0.2) is 15.0 Å². The van der Waals surface area contributed by atoms with Gasteiger partial charge in [0, 0.05) is 11.6 Å². The number of aromatic nitrogens is 3. The number of nitrogens with two attached hydrogens (primary N) is 1. The van der Waals surface area contributed by atoms with Gasteiger partial charge < -0.3 is 11.1 Å². The molecule has 98 valence electrons. The maximum atomic E-state index is 5.75. The van der Waals surface area contributed by atoms with Crippen molar-refractivity contribution in [2.75, 3.05) is 11.1 Å². The van der Waals surface area contributed by atoms with Gasteiger partial charge in [0.2, 0.25) is 5.95 Å². The molecule has 0 amide bonds. The summed E-state index contributed by atoms with van der Waals surface area (Å²) in [7, 11) is 0. The van der Waals surface area contributed by atoms with Gasteiger partial charge in [0.05, 0.1) is 11.4 Å². The molecule has 0 aliphatic carbocycles. The third-order valence-corrected chi connectivity index (χ3v) is 4.51. The fraction of sp³-hybridized carbons (Fsp3) is 0.250. The Morgan fingerprint density at radius 1 is 1.32 bits per heavy atom. The van der Waals surface area contributed by atoms with E-state index in [0.29, 0.717) is 5.95 Å². The van der Waals surface area contributed by atoms with Crippen LogP contribution in [0.25, 0.3) is 10.2 Å². The quantitative estimate of drug-likeness (QED) is 0.771. The summed E-state index contributed by atoms with van der Waals surface area (Å²) in [6.07, 6.45) is 2.75. The zero-order chi connectivity index (χ0) is 13.2. The Bertz CT molecular complexity index is 677. The van der Waals surface area contributed by atoms with E-state index in [1.54, 1.807) is 22.7 Å². The van der Waals surface area contributed by atoms with E-state index in [9.17, 15) is 0 Å². The van der Waals surface area contributed by atoms with Crippen molar-refractivity contribution < 1.29 is 0 Å². The summed E-state index contributed by atoms with van der Waals surface area (Å²) in [4.78, 5) is 13.8. The number of nitrogens with zero attached hydrogens (tertiary/aromatic N) is 3. The van der Waals surface area contributed by atoms with Crippen molar-refractivity contribution in [2.24, 2.45) is 0 Å². The first-order chi connectivity index (χ1) is 9.28. The van der Waals surface area contributed by atoms with Crippen LogP contribution in [0.3, 0.4) is 0 Å². The molecule has 0 bridgehead atoms. The predicted molar refractivity (Wildman–Crippen MR) is 80.6 cm³/mol. The van der Waals surface area contributed by atoms with E-state index in [1.807, 2.05) is 23.0 Å². The van der Waals surface area contributed by atoms with Crippen LogP contribution >= 0.6 is 22.7 Å². The lowest BCUT2D eigenvalue weighted by molar-refractivity contribution is 0.739. The van der Waals surface area contributed by atoms with Crippen molar-refractivity contribution in [2.45, 2.75) is 19.4 Å². The topological polar surface area (TPSA) is 76.7 Å². The summed E-state index contributed by atoms with van der Waals surface area (Å²) < 4.78 is 0. The van der Waals surface area contributed by atoms with Crippen LogP contribution < -0.4 is 11.1 Å². The molecule has 0 aliphatic heterocycles. The Labute approximate surface area is 118 Å². The Kier molecular flexibility index (Phi) is 3.31. The highest BCUT2D eigenvalue weighted by atomic mass is 32.1. The smallest absolute Gasteiger partial charge is 0.223 e. The summed E-state index contributed by atoms with van der Waals surface area (Å²) in [6.45, 7) is 2.12. The van der Waals surface area contributed by atoms with Crippen LogP contribution in [0.5, 0.6) is 0 Å². The van der Waals surface area contributed by atoms with E-state index in [4.69, 9.17) is 5.73 Å². The number of thiazole rings is 1.